The Labute approximate surface area is 147 Å². The molecule has 0 unspecified atom stereocenters. The third-order valence-corrected chi connectivity index (χ3v) is 4.75. The van der Waals surface area contributed by atoms with Crippen molar-refractivity contribution in [1.82, 2.24) is 14.5 Å². The highest BCUT2D eigenvalue weighted by Crippen LogP contribution is 2.28. The number of aromatic amines is 1. The Bertz CT molecular complexity index is 838. The van der Waals surface area contributed by atoms with Crippen molar-refractivity contribution in [3.8, 4) is 0 Å². The highest BCUT2D eigenvalue weighted by molar-refractivity contribution is 6.04. The van der Waals surface area contributed by atoms with Crippen molar-refractivity contribution in [3.63, 3.8) is 0 Å². The molecule has 1 amide bonds. The number of rotatable bonds is 4. The molecule has 1 aliphatic rings. The number of nitrogens with zero attached hydrogens (tertiary/aromatic N) is 2. The Balaban J connectivity index is 1.95. The van der Waals surface area contributed by atoms with Gasteiger partial charge in [0.1, 0.15) is 0 Å². The summed E-state index contributed by atoms with van der Waals surface area (Å²) in [5, 5.41) is 9.43. The van der Waals surface area contributed by atoms with Gasteiger partial charge in [-0.2, -0.15) is 0 Å². The number of aromatic nitrogens is 2. The third-order valence-electron chi connectivity index (χ3n) is 4.75. The molecule has 6 nitrogen and oxygen atoms in total. The molecule has 0 saturated heterocycles. The minimum absolute atomic E-state index is 0.0803. The molecule has 136 valence electrons. The highest BCUT2D eigenvalue weighted by atomic mass is 16.3. The van der Waals surface area contributed by atoms with Crippen LogP contribution in [0.15, 0.2) is 23.0 Å². The third kappa shape index (κ3) is 3.63. The van der Waals surface area contributed by atoms with Crippen LogP contribution in [-0.4, -0.2) is 45.2 Å². The minimum Gasteiger partial charge on any atom is -0.393 e. The van der Waals surface area contributed by atoms with E-state index in [1.807, 2.05) is 6.07 Å². The zero-order chi connectivity index (χ0) is 18.4. The summed E-state index contributed by atoms with van der Waals surface area (Å²) in [6.07, 6.45) is 1.28. The van der Waals surface area contributed by atoms with Gasteiger partial charge in [-0.15, -0.1) is 0 Å². The van der Waals surface area contributed by atoms with E-state index in [4.69, 9.17) is 0 Å². The van der Waals surface area contributed by atoms with Gasteiger partial charge < -0.3 is 15.0 Å². The predicted molar refractivity (Wildman–Crippen MR) is 97.7 cm³/mol. The lowest BCUT2D eigenvalue weighted by atomic mass is 9.82. The van der Waals surface area contributed by atoms with Crippen molar-refractivity contribution in [2.75, 3.05) is 13.6 Å². The average Bonchev–Trinajstić information content (AvgIpc) is 2.79. The van der Waals surface area contributed by atoms with Gasteiger partial charge in [-0.1, -0.05) is 26.8 Å². The Morgan fingerprint density at radius 2 is 2.04 bits per heavy atom. The fourth-order valence-corrected chi connectivity index (χ4v) is 3.54. The van der Waals surface area contributed by atoms with Gasteiger partial charge in [0, 0.05) is 20.1 Å². The number of imidazole rings is 1. The second-order valence-corrected chi connectivity index (χ2v) is 8.46. The second-order valence-electron chi connectivity index (χ2n) is 8.46. The number of carbonyl (C=O) groups is 1. The molecule has 1 heterocycles. The normalized spacial score (nSPS) is 20.5. The fraction of sp³-hybridized carbons (Fsp3) is 0.579. The number of hydrogen-bond acceptors (Lipinski definition) is 3. The van der Waals surface area contributed by atoms with Crippen LogP contribution in [0.4, 0.5) is 0 Å². The molecule has 2 aromatic rings. The van der Waals surface area contributed by atoms with Crippen LogP contribution in [0.25, 0.3) is 11.0 Å². The molecule has 6 heteroatoms. The van der Waals surface area contributed by atoms with Crippen LogP contribution in [0.2, 0.25) is 0 Å². The topological polar surface area (TPSA) is 78.3 Å². The molecule has 1 saturated carbocycles. The molecule has 1 aromatic carbocycles. The molecule has 1 fully saturated rings. The number of hydrogen-bond donors (Lipinski definition) is 2. The number of benzene rings is 1. The van der Waals surface area contributed by atoms with Gasteiger partial charge >= 0.3 is 5.69 Å². The van der Waals surface area contributed by atoms with E-state index in [9.17, 15) is 14.7 Å². The first-order valence-corrected chi connectivity index (χ1v) is 8.81. The number of aliphatic hydroxyl groups excluding tert-OH is 1. The first kappa shape index (κ1) is 17.7. The monoisotopic (exact) mass is 345 g/mol. The fourth-order valence-electron chi connectivity index (χ4n) is 3.54. The molecule has 1 aliphatic carbocycles. The lowest BCUT2D eigenvalue weighted by Gasteiger charge is -2.34. The van der Waals surface area contributed by atoms with Crippen LogP contribution in [0.3, 0.4) is 0 Å². The zero-order valence-electron chi connectivity index (χ0n) is 15.4. The predicted octanol–water partition coefficient (Wildman–Crippen LogP) is 2.22. The lowest BCUT2D eigenvalue weighted by Crippen LogP contribution is -2.39. The molecular weight excluding hydrogens is 318 g/mol. The number of fused-ring (bicyclic) bond motifs is 1. The van der Waals surface area contributed by atoms with Crippen LogP contribution in [-0.2, 0) is 6.54 Å². The van der Waals surface area contributed by atoms with E-state index in [-0.39, 0.29) is 23.1 Å². The summed E-state index contributed by atoms with van der Waals surface area (Å²) < 4.78 is 1.67. The Morgan fingerprint density at radius 3 is 2.64 bits per heavy atom. The van der Waals surface area contributed by atoms with Crippen molar-refractivity contribution in [2.45, 2.75) is 46.3 Å². The number of para-hydroxylation sites is 1. The summed E-state index contributed by atoms with van der Waals surface area (Å²) in [6.45, 7) is 7.36. The van der Waals surface area contributed by atoms with Crippen LogP contribution in [0.1, 0.15) is 44.0 Å². The summed E-state index contributed by atoms with van der Waals surface area (Å²) in [6, 6.07) is 5.41. The summed E-state index contributed by atoms with van der Waals surface area (Å²) in [5.41, 5.74) is 1.64. The maximum atomic E-state index is 13.0. The number of H-pyrrole nitrogens is 1. The van der Waals surface area contributed by atoms with E-state index in [2.05, 4.69) is 25.8 Å². The van der Waals surface area contributed by atoms with Gasteiger partial charge in [0.2, 0.25) is 0 Å². The van der Waals surface area contributed by atoms with E-state index < -0.39 is 0 Å². The summed E-state index contributed by atoms with van der Waals surface area (Å²) in [4.78, 5) is 29.9. The van der Waals surface area contributed by atoms with E-state index in [0.717, 1.165) is 12.8 Å². The van der Waals surface area contributed by atoms with Crippen LogP contribution in [0, 0.1) is 11.3 Å². The van der Waals surface area contributed by atoms with Gasteiger partial charge in [-0.3, -0.25) is 9.36 Å². The van der Waals surface area contributed by atoms with Crippen LogP contribution < -0.4 is 5.69 Å². The minimum atomic E-state index is -0.224. The Kier molecular flexibility index (Phi) is 4.49. The van der Waals surface area contributed by atoms with E-state index in [1.54, 1.807) is 28.6 Å². The number of nitrogens with one attached hydrogen (secondary N) is 1. The molecular formula is C19H27N3O3. The van der Waals surface area contributed by atoms with Crippen molar-refractivity contribution in [2.24, 2.45) is 11.3 Å². The first-order valence-electron chi connectivity index (χ1n) is 8.81. The quantitative estimate of drug-likeness (QED) is 0.892. The lowest BCUT2D eigenvalue weighted by molar-refractivity contribution is 0.0265. The summed E-state index contributed by atoms with van der Waals surface area (Å²) >= 11 is 0. The van der Waals surface area contributed by atoms with Gasteiger partial charge in [-0.25, -0.2) is 4.79 Å². The molecule has 3 rings (SSSR count). The largest absolute Gasteiger partial charge is 0.393 e. The zero-order valence-corrected chi connectivity index (χ0v) is 15.4. The standard InChI is InChI=1S/C19H27N3O3/c1-19(2,3)11-22-16-14(6-5-7-15(16)20-18(22)25)17(24)21(4)10-12-8-13(23)9-12/h5-7,12-13,23H,8-11H2,1-4H3,(H,20,25). The van der Waals surface area contributed by atoms with Crippen LogP contribution in [0.5, 0.6) is 0 Å². The van der Waals surface area contributed by atoms with Crippen molar-refractivity contribution in [1.29, 1.82) is 0 Å². The number of amides is 1. The summed E-state index contributed by atoms with van der Waals surface area (Å²) in [7, 11) is 1.78. The van der Waals surface area contributed by atoms with Crippen LogP contribution >= 0.6 is 0 Å². The van der Waals surface area contributed by atoms with E-state index in [1.165, 1.54) is 0 Å². The SMILES string of the molecule is CN(CC1CC(O)C1)C(=O)c1cccc2[nH]c(=O)n(CC(C)(C)C)c12. The number of aliphatic hydroxyl groups is 1. The first-order chi connectivity index (χ1) is 11.7. The maximum Gasteiger partial charge on any atom is 0.326 e. The molecule has 1 aromatic heterocycles. The van der Waals surface area contributed by atoms with Gasteiger partial charge in [-0.05, 0) is 36.3 Å². The molecule has 2 N–H and O–H groups in total. The van der Waals surface area contributed by atoms with Gasteiger partial charge in [0.25, 0.3) is 5.91 Å². The smallest absolute Gasteiger partial charge is 0.326 e. The molecule has 0 bridgehead atoms. The van der Waals surface area contributed by atoms with E-state index >= 15 is 0 Å². The maximum absolute atomic E-state index is 13.0. The molecule has 0 radical (unpaired) electrons. The Morgan fingerprint density at radius 1 is 1.36 bits per heavy atom. The van der Waals surface area contributed by atoms with Gasteiger partial charge in [0.05, 0.1) is 22.7 Å². The second kappa shape index (κ2) is 6.33. The molecule has 25 heavy (non-hydrogen) atoms. The van der Waals surface area contributed by atoms with Crippen molar-refractivity contribution >= 4 is 16.9 Å². The van der Waals surface area contributed by atoms with E-state index in [0.29, 0.717) is 35.6 Å². The number of carbonyl (C=O) groups excluding carboxylic acids is 1. The Hall–Kier alpha value is -2.08. The van der Waals surface area contributed by atoms with Crippen molar-refractivity contribution < 1.29 is 9.90 Å². The average molecular weight is 345 g/mol. The van der Waals surface area contributed by atoms with Gasteiger partial charge in [0.15, 0.2) is 0 Å². The highest BCUT2D eigenvalue weighted by Gasteiger charge is 2.30. The van der Waals surface area contributed by atoms with Crippen molar-refractivity contribution in [3.05, 3.63) is 34.2 Å². The summed E-state index contributed by atoms with van der Waals surface area (Å²) in [5.74, 6) is 0.264. The molecule has 0 atom stereocenters. The molecule has 0 spiro atoms. The molecule has 0 aliphatic heterocycles.